The van der Waals surface area contributed by atoms with E-state index >= 15 is 0 Å². The standard InChI is InChI=1S/C31H46N2O2Si2.2C2H4O2.Co/c1-9-22-14-26(36(3,4)5)16-24(29(22)34)19-32-28-13-21-11-12-31(28,18-21)33-20-25-17-27(37(6,7)8)15-23(10-2)30(25)35;2*1-2(3)4;/h14-17,19-21,28,34-35H,9-13,18H2,1-8H3;2*1H3,(H,3,4);/q;;;+2/p-2. The topological polar surface area (TPSA) is 145 Å². The molecule has 2 aromatic carbocycles. The van der Waals surface area contributed by atoms with Crippen molar-refractivity contribution in [1.82, 2.24) is 0 Å². The van der Waals surface area contributed by atoms with Gasteiger partial charge in [-0.25, -0.2) is 0 Å². The maximum Gasteiger partial charge on any atom is 2.00 e. The first-order valence-corrected chi connectivity index (χ1v) is 22.9. The molecule has 2 aliphatic carbocycles. The summed E-state index contributed by atoms with van der Waals surface area (Å²) in [6, 6.07) is 8.80. The van der Waals surface area contributed by atoms with Crippen molar-refractivity contribution in [2.24, 2.45) is 15.9 Å². The van der Waals surface area contributed by atoms with Gasteiger partial charge in [0.25, 0.3) is 0 Å². The first kappa shape index (κ1) is 41.3. The number of nitrogens with zero attached hydrogens (tertiary/aromatic N) is 2. The molecule has 2 aromatic rings. The summed E-state index contributed by atoms with van der Waals surface area (Å²) in [4.78, 5) is 28.1. The number of carbonyl (C=O) groups excluding carboxylic acids is 2. The Kier molecular flexibility index (Phi) is 15.2. The van der Waals surface area contributed by atoms with Gasteiger partial charge in [0.2, 0.25) is 0 Å². The van der Waals surface area contributed by atoms with E-state index in [1.165, 1.54) is 16.8 Å². The molecule has 1 radical (unpaired) electrons. The minimum atomic E-state index is -1.53. The van der Waals surface area contributed by atoms with Crippen molar-refractivity contribution in [3.8, 4) is 11.5 Å². The van der Waals surface area contributed by atoms with Crippen LogP contribution in [0, 0.1) is 5.92 Å². The maximum atomic E-state index is 11.0. The Hall–Kier alpha value is -2.74. The van der Waals surface area contributed by atoms with Crippen LogP contribution in [0.25, 0.3) is 0 Å². The third-order valence-corrected chi connectivity index (χ3v) is 12.6. The molecular formula is C35H52CoN2O6Si2. The van der Waals surface area contributed by atoms with E-state index in [1.807, 2.05) is 12.4 Å². The molecule has 0 amide bonds. The third kappa shape index (κ3) is 11.2. The molecule has 3 unspecified atom stereocenters. The van der Waals surface area contributed by atoms with Gasteiger partial charge in [-0.1, -0.05) is 87.8 Å². The number of benzene rings is 2. The SMILES string of the molecule is CC(=O)[O-].CC(=O)[O-].CCc1cc([Si](C)(C)C)cc(C=NC2CC3CCC2(N=Cc2cc([Si](C)(C)C)cc(CC)c2O)C3)c1O.[Co+2]. The number of aromatic hydroxyl groups is 2. The van der Waals surface area contributed by atoms with Crippen molar-refractivity contribution < 1.29 is 46.8 Å². The quantitative estimate of drug-likeness (QED) is 0.316. The number of fused-ring (bicyclic) bond motifs is 2. The number of aliphatic carboxylic acids is 2. The molecule has 255 valence electrons. The Morgan fingerprint density at radius 1 is 0.848 bits per heavy atom. The molecule has 2 N–H and O–H groups in total. The molecule has 2 bridgehead atoms. The molecule has 3 atom stereocenters. The molecule has 0 aromatic heterocycles. The molecule has 46 heavy (non-hydrogen) atoms. The second-order valence-electron chi connectivity index (χ2n) is 14.3. The van der Waals surface area contributed by atoms with Crippen LogP contribution in [0.15, 0.2) is 34.3 Å². The van der Waals surface area contributed by atoms with E-state index in [4.69, 9.17) is 29.8 Å². The molecule has 2 fully saturated rings. The van der Waals surface area contributed by atoms with Gasteiger partial charge in [0.05, 0.1) is 27.7 Å². The average Bonchev–Trinajstić information content (AvgIpc) is 3.48. The number of carbonyl (C=O) groups is 2. The Morgan fingerprint density at radius 3 is 1.63 bits per heavy atom. The van der Waals surface area contributed by atoms with Crippen LogP contribution >= 0.6 is 0 Å². The summed E-state index contributed by atoms with van der Waals surface area (Å²) < 4.78 is 0. The van der Waals surface area contributed by atoms with E-state index < -0.39 is 28.1 Å². The van der Waals surface area contributed by atoms with Gasteiger partial charge in [-0.15, -0.1) is 0 Å². The predicted molar refractivity (Wildman–Crippen MR) is 186 cm³/mol. The number of carboxylic acid groups (broad SMARTS) is 2. The average molecular weight is 712 g/mol. The smallest absolute Gasteiger partial charge is 0.550 e. The van der Waals surface area contributed by atoms with E-state index in [-0.39, 0.29) is 28.4 Å². The van der Waals surface area contributed by atoms with E-state index in [0.717, 1.165) is 68.2 Å². The zero-order valence-corrected chi connectivity index (χ0v) is 32.2. The zero-order chi connectivity index (χ0) is 34.3. The second-order valence-corrected chi connectivity index (χ2v) is 24.5. The zero-order valence-electron chi connectivity index (χ0n) is 29.1. The molecule has 0 heterocycles. The summed E-state index contributed by atoms with van der Waals surface area (Å²) in [7, 11) is -3.05. The predicted octanol–water partition coefficient (Wildman–Crippen LogP) is 3.67. The van der Waals surface area contributed by atoms with Crippen molar-refractivity contribution in [2.75, 3.05) is 0 Å². The van der Waals surface area contributed by atoms with E-state index in [9.17, 15) is 10.2 Å². The minimum absolute atomic E-state index is 0. The molecule has 8 nitrogen and oxygen atoms in total. The summed E-state index contributed by atoms with van der Waals surface area (Å²) >= 11 is 0. The van der Waals surface area contributed by atoms with Crippen LogP contribution in [0.3, 0.4) is 0 Å². The Labute approximate surface area is 287 Å². The molecular weight excluding hydrogens is 659 g/mol. The normalized spacial score (nSPS) is 20.5. The van der Waals surface area contributed by atoms with Crippen LogP contribution in [-0.2, 0) is 39.2 Å². The van der Waals surface area contributed by atoms with Gasteiger partial charge in [0.15, 0.2) is 0 Å². The van der Waals surface area contributed by atoms with Crippen LogP contribution in [0.2, 0.25) is 39.3 Å². The molecule has 0 spiro atoms. The van der Waals surface area contributed by atoms with Crippen LogP contribution < -0.4 is 20.6 Å². The molecule has 0 saturated heterocycles. The number of hydrogen-bond acceptors (Lipinski definition) is 8. The van der Waals surface area contributed by atoms with Crippen LogP contribution in [0.1, 0.15) is 75.6 Å². The van der Waals surface area contributed by atoms with Crippen molar-refractivity contribution >= 4 is 50.9 Å². The van der Waals surface area contributed by atoms with Gasteiger partial charge in [-0.3, -0.25) is 9.98 Å². The Morgan fingerprint density at radius 2 is 1.26 bits per heavy atom. The van der Waals surface area contributed by atoms with E-state index in [2.05, 4.69) is 77.4 Å². The van der Waals surface area contributed by atoms with Gasteiger partial charge >= 0.3 is 16.8 Å². The second kappa shape index (κ2) is 16.9. The fraction of sp³-hybridized carbons (Fsp3) is 0.543. The fourth-order valence-corrected chi connectivity index (χ4v) is 8.40. The number of phenolic OH excluding ortho intramolecular Hbond substituents is 2. The molecule has 2 saturated carbocycles. The van der Waals surface area contributed by atoms with Gasteiger partial charge in [-0.05, 0) is 69.4 Å². The fourth-order valence-electron chi connectivity index (χ4n) is 6.01. The first-order chi connectivity index (χ1) is 20.7. The largest absolute Gasteiger partial charge is 2.00 e. The number of aryl methyl sites for hydroxylation is 2. The van der Waals surface area contributed by atoms with Crippen molar-refractivity contribution in [3.63, 3.8) is 0 Å². The third-order valence-electron chi connectivity index (χ3n) is 8.59. The van der Waals surface area contributed by atoms with Gasteiger partial charge in [-0.2, -0.15) is 0 Å². The van der Waals surface area contributed by atoms with Crippen LogP contribution in [0.4, 0.5) is 0 Å². The number of hydrogen-bond donors (Lipinski definition) is 2. The summed E-state index contributed by atoms with van der Waals surface area (Å²) in [6.45, 7) is 20.2. The van der Waals surface area contributed by atoms with Crippen molar-refractivity contribution in [3.05, 3.63) is 46.5 Å². The molecule has 11 heteroatoms. The van der Waals surface area contributed by atoms with E-state index in [0.29, 0.717) is 17.4 Å². The minimum Gasteiger partial charge on any atom is -0.550 e. The maximum absolute atomic E-state index is 11.0. The summed E-state index contributed by atoms with van der Waals surface area (Å²) in [6.07, 6.45) is 9.81. The number of carboxylic acids is 2. The summed E-state index contributed by atoms with van der Waals surface area (Å²) in [5.41, 5.74) is 3.48. The number of phenols is 2. The molecule has 0 aliphatic heterocycles. The van der Waals surface area contributed by atoms with Gasteiger partial charge in [0, 0.05) is 35.5 Å². The Bertz CT molecular complexity index is 1410. The number of rotatable bonds is 8. The molecule has 2 aliphatic rings. The van der Waals surface area contributed by atoms with Gasteiger partial charge < -0.3 is 30.0 Å². The van der Waals surface area contributed by atoms with Crippen LogP contribution in [-0.4, -0.2) is 62.3 Å². The monoisotopic (exact) mass is 711 g/mol. The summed E-state index contributed by atoms with van der Waals surface area (Å²) in [5.74, 6) is -0.771. The van der Waals surface area contributed by atoms with Crippen LogP contribution in [0.5, 0.6) is 11.5 Å². The molecule has 4 rings (SSSR count). The van der Waals surface area contributed by atoms with E-state index in [1.54, 1.807) is 0 Å². The van der Waals surface area contributed by atoms with Crippen molar-refractivity contribution in [2.45, 2.75) is 117 Å². The Balaban J connectivity index is 0.00000106. The van der Waals surface area contributed by atoms with Gasteiger partial charge in [0.1, 0.15) is 11.5 Å². The van der Waals surface area contributed by atoms with Crippen molar-refractivity contribution in [1.29, 1.82) is 0 Å². The summed E-state index contributed by atoms with van der Waals surface area (Å²) in [5, 5.41) is 42.4. The number of aliphatic imine (C=N–C) groups is 2. The first-order valence-electron chi connectivity index (χ1n) is 15.9.